The Morgan fingerprint density at radius 1 is 1.43 bits per heavy atom. The number of carbonyl (C=O) groups is 2. The topological polar surface area (TPSA) is 61.4 Å². The maximum atomic E-state index is 12.3. The van der Waals surface area contributed by atoms with Crippen molar-refractivity contribution in [2.45, 2.75) is 52.0 Å². The zero-order valence-corrected chi connectivity index (χ0v) is 13.4. The zero-order chi connectivity index (χ0) is 15.2. The maximum Gasteiger partial charge on any atom is 0.225 e. The van der Waals surface area contributed by atoms with E-state index in [0.29, 0.717) is 18.9 Å². The highest BCUT2D eigenvalue weighted by molar-refractivity contribution is 5.89. The number of nitrogens with zero attached hydrogens (tertiary/aromatic N) is 1. The van der Waals surface area contributed by atoms with Crippen molar-refractivity contribution >= 4 is 11.8 Å². The van der Waals surface area contributed by atoms with Crippen LogP contribution in [0, 0.1) is 11.8 Å². The molecule has 0 aliphatic carbocycles. The molecule has 0 radical (unpaired) electrons. The highest BCUT2D eigenvalue weighted by atomic mass is 16.2. The fourth-order valence-corrected chi connectivity index (χ4v) is 3.48. The standard InChI is InChI=1S/C16H29N3O2/c1-3-14(4-2)19-11-13(8-15(19)20)16(21)18-10-12-6-5-7-17-9-12/h12-14,17H,3-11H2,1-2H3,(H,18,21). The van der Waals surface area contributed by atoms with E-state index in [1.54, 1.807) is 0 Å². The number of rotatable bonds is 6. The molecule has 5 heteroatoms. The van der Waals surface area contributed by atoms with Gasteiger partial charge in [0.15, 0.2) is 0 Å². The van der Waals surface area contributed by atoms with Crippen LogP contribution >= 0.6 is 0 Å². The lowest BCUT2D eigenvalue weighted by atomic mass is 9.99. The van der Waals surface area contributed by atoms with Gasteiger partial charge in [0.25, 0.3) is 0 Å². The summed E-state index contributed by atoms with van der Waals surface area (Å²) < 4.78 is 0. The number of likely N-dealkylation sites (tertiary alicyclic amines) is 1. The molecule has 0 bridgehead atoms. The minimum Gasteiger partial charge on any atom is -0.355 e. The third-order valence-corrected chi connectivity index (χ3v) is 4.88. The molecule has 21 heavy (non-hydrogen) atoms. The summed E-state index contributed by atoms with van der Waals surface area (Å²) in [5, 5.41) is 6.41. The Labute approximate surface area is 127 Å². The highest BCUT2D eigenvalue weighted by Crippen LogP contribution is 2.23. The van der Waals surface area contributed by atoms with Gasteiger partial charge in [-0.25, -0.2) is 0 Å². The fourth-order valence-electron chi connectivity index (χ4n) is 3.48. The molecule has 0 aromatic heterocycles. The molecule has 120 valence electrons. The van der Waals surface area contributed by atoms with Crippen LogP contribution in [0.2, 0.25) is 0 Å². The maximum absolute atomic E-state index is 12.3. The molecule has 0 saturated carbocycles. The van der Waals surface area contributed by atoms with E-state index in [1.807, 2.05) is 4.90 Å². The minimum atomic E-state index is -0.158. The predicted molar refractivity (Wildman–Crippen MR) is 82.8 cm³/mol. The lowest BCUT2D eigenvalue weighted by molar-refractivity contribution is -0.130. The molecule has 2 unspecified atom stereocenters. The summed E-state index contributed by atoms with van der Waals surface area (Å²) in [6.07, 6.45) is 4.67. The molecule has 2 atom stereocenters. The normalized spacial score (nSPS) is 26.4. The third kappa shape index (κ3) is 4.19. The van der Waals surface area contributed by atoms with Gasteiger partial charge in [-0.3, -0.25) is 9.59 Å². The molecule has 2 saturated heterocycles. The molecule has 2 aliphatic rings. The van der Waals surface area contributed by atoms with Crippen molar-refractivity contribution in [2.24, 2.45) is 11.8 Å². The molecule has 2 amide bonds. The average molecular weight is 295 g/mol. The molecule has 2 fully saturated rings. The summed E-state index contributed by atoms with van der Waals surface area (Å²) in [6.45, 7) is 7.62. The smallest absolute Gasteiger partial charge is 0.225 e. The second kappa shape index (κ2) is 7.78. The molecule has 0 aromatic rings. The van der Waals surface area contributed by atoms with Gasteiger partial charge in [-0.05, 0) is 44.7 Å². The van der Waals surface area contributed by atoms with Crippen molar-refractivity contribution < 1.29 is 9.59 Å². The Hall–Kier alpha value is -1.10. The third-order valence-electron chi connectivity index (χ3n) is 4.88. The van der Waals surface area contributed by atoms with Crippen LogP contribution < -0.4 is 10.6 Å². The fraction of sp³-hybridized carbons (Fsp3) is 0.875. The van der Waals surface area contributed by atoms with Crippen LogP contribution in [0.1, 0.15) is 46.0 Å². The van der Waals surface area contributed by atoms with Crippen LogP contribution in [-0.2, 0) is 9.59 Å². The highest BCUT2D eigenvalue weighted by Gasteiger charge is 2.36. The number of hydrogen-bond donors (Lipinski definition) is 2. The Bertz CT molecular complexity index is 363. The number of carbonyl (C=O) groups excluding carboxylic acids is 2. The molecule has 2 N–H and O–H groups in total. The van der Waals surface area contributed by atoms with Gasteiger partial charge in [-0.2, -0.15) is 0 Å². The Morgan fingerprint density at radius 2 is 2.19 bits per heavy atom. The first kappa shape index (κ1) is 16.3. The van der Waals surface area contributed by atoms with Crippen molar-refractivity contribution in [3.05, 3.63) is 0 Å². The zero-order valence-electron chi connectivity index (χ0n) is 13.4. The molecule has 2 aliphatic heterocycles. The molecule has 2 heterocycles. The van der Waals surface area contributed by atoms with Crippen LogP contribution in [0.25, 0.3) is 0 Å². The van der Waals surface area contributed by atoms with Gasteiger partial charge in [-0.1, -0.05) is 13.8 Å². The van der Waals surface area contributed by atoms with Crippen LogP contribution in [0.4, 0.5) is 0 Å². The van der Waals surface area contributed by atoms with Gasteiger partial charge < -0.3 is 15.5 Å². The first-order valence-corrected chi connectivity index (χ1v) is 8.43. The molecular formula is C16H29N3O2. The lowest BCUT2D eigenvalue weighted by Gasteiger charge is -2.26. The second-order valence-electron chi connectivity index (χ2n) is 6.37. The van der Waals surface area contributed by atoms with Crippen LogP contribution in [0.5, 0.6) is 0 Å². The quantitative estimate of drug-likeness (QED) is 0.772. The number of nitrogens with one attached hydrogen (secondary N) is 2. The van der Waals surface area contributed by atoms with Crippen molar-refractivity contribution in [2.75, 3.05) is 26.2 Å². The summed E-state index contributed by atoms with van der Waals surface area (Å²) in [4.78, 5) is 26.3. The SMILES string of the molecule is CCC(CC)N1CC(C(=O)NCC2CCCNC2)CC1=O. The first-order valence-electron chi connectivity index (χ1n) is 8.43. The molecule has 0 aromatic carbocycles. The molecule has 0 spiro atoms. The van der Waals surface area contributed by atoms with E-state index < -0.39 is 0 Å². The average Bonchev–Trinajstić information content (AvgIpc) is 2.89. The van der Waals surface area contributed by atoms with Gasteiger partial charge >= 0.3 is 0 Å². The second-order valence-corrected chi connectivity index (χ2v) is 6.37. The molecular weight excluding hydrogens is 266 g/mol. The van der Waals surface area contributed by atoms with Gasteiger partial charge in [-0.15, -0.1) is 0 Å². The monoisotopic (exact) mass is 295 g/mol. The van der Waals surface area contributed by atoms with Gasteiger partial charge in [0.1, 0.15) is 0 Å². The van der Waals surface area contributed by atoms with Gasteiger partial charge in [0.05, 0.1) is 5.92 Å². The summed E-state index contributed by atoms with van der Waals surface area (Å²) in [6, 6.07) is 0.290. The molecule has 5 nitrogen and oxygen atoms in total. The van der Waals surface area contributed by atoms with E-state index in [9.17, 15) is 9.59 Å². The Kier molecular flexibility index (Phi) is 6.03. The minimum absolute atomic E-state index is 0.0578. The summed E-state index contributed by atoms with van der Waals surface area (Å²) in [5.41, 5.74) is 0. The van der Waals surface area contributed by atoms with Gasteiger partial charge in [0, 0.05) is 25.6 Å². The summed E-state index contributed by atoms with van der Waals surface area (Å²) in [5.74, 6) is 0.579. The van der Waals surface area contributed by atoms with Crippen molar-refractivity contribution in [1.29, 1.82) is 0 Å². The number of amides is 2. The largest absolute Gasteiger partial charge is 0.355 e. The van der Waals surface area contributed by atoms with Crippen LogP contribution in [0.3, 0.4) is 0 Å². The Balaban J connectivity index is 1.79. The van der Waals surface area contributed by atoms with Crippen molar-refractivity contribution in [1.82, 2.24) is 15.5 Å². The van der Waals surface area contributed by atoms with E-state index >= 15 is 0 Å². The Morgan fingerprint density at radius 3 is 2.81 bits per heavy atom. The van der Waals surface area contributed by atoms with Crippen molar-refractivity contribution in [3.8, 4) is 0 Å². The van der Waals surface area contributed by atoms with E-state index in [-0.39, 0.29) is 23.8 Å². The lowest BCUT2D eigenvalue weighted by Crippen LogP contribution is -2.41. The number of piperidine rings is 1. The van der Waals surface area contributed by atoms with E-state index in [4.69, 9.17) is 0 Å². The number of hydrogen-bond acceptors (Lipinski definition) is 3. The van der Waals surface area contributed by atoms with Gasteiger partial charge in [0.2, 0.25) is 11.8 Å². The summed E-state index contributed by atoms with van der Waals surface area (Å²) in [7, 11) is 0. The summed E-state index contributed by atoms with van der Waals surface area (Å²) >= 11 is 0. The predicted octanol–water partition coefficient (Wildman–Crippen LogP) is 1.14. The molecule has 2 rings (SSSR count). The van der Waals surface area contributed by atoms with Crippen LogP contribution in [-0.4, -0.2) is 48.9 Å². The van der Waals surface area contributed by atoms with E-state index in [2.05, 4.69) is 24.5 Å². The first-order chi connectivity index (χ1) is 10.2. The van der Waals surface area contributed by atoms with E-state index in [0.717, 1.165) is 32.5 Å². The van der Waals surface area contributed by atoms with Crippen LogP contribution in [0.15, 0.2) is 0 Å². The van der Waals surface area contributed by atoms with Crippen molar-refractivity contribution in [3.63, 3.8) is 0 Å². The van der Waals surface area contributed by atoms with E-state index in [1.165, 1.54) is 12.8 Å².